The first kappa shape index (κ1) is 22.3. The van der Waals surface area contributed by atoms with Gasteiger partial charge in [0.05, 0.1) is 17.0 Å². The quantitative estimate of drug-likeness (QED) is 0.504. The number of hydrogen-bond donors (Lipinski definition) is 1. The van der Waals surface area contributed by atoms with Crippen molar-refractivity contribution in [1.29, 1.82) is 0 Å². The number of rotatable bonds is 7. The summed E-state index contributed by atoms with van der Waals surface area (Å²) in [6, 6.07) is 17.0. The van der Waals surface area contributed by atoms with Crippen molar-refractivity contribution in [2.45, 2.75) is 13.3 Å². The molecular formula is C25H19NO6S. The number of furan rings is 1. The van der Waals surface area contributed by atoms with E-state index in [-0.39, 0.29) is 29.2 Å². The third-order valence-electron chi connectivity index (χ3n) is 5.05. The number of aromatic carboxylic acids is 1. The topological polar surface area (TPSA) is 105 Å². The SMILES string of the molecule is Cc1ccc(CC(=O)CN2C(=O)S/C(=C\c3ccc(-c4ccc(C(=O)O)cc4)o3)C2=O)cc1. The van der Waals surface area contributed by atoms with E-state index in [2.05, 4.69) is 0 Å². The predicted octanol–water partition coefficient (Wildman–Crippen LogP) is 4.80. The van der Waals surface area contributed by atoms with Crippen LogP contribution in [0.4, 0.5) is 4.79 Å². The number of amides is 2. The molecule has 2 amide bonds. The smallest absolute Gasteiger partial charge is 0.335 e. The maximum atomic E-state index is 12.7. The predicted molar refractivity (Wildman–Crippen MR) is 124 cm³/mol. The minimum atomic E-state index is -1.02. The zero-order valence-electron chi connectivity index (χ0n) is 17.6. The molecule has 4 rings (SSSR count). The third-order valence-corrected chi connectivity index (χ3v) is 5.95. The van der Waals surface area contributed by atoms with E-state index in [1.165, 1.54) is 18.2 Å². The fraction of sp³-hybridized carbons (Fsp3) is 0.120. The molecule has 1 saturated heterocycles. The van der Waals surface area contributed by atoms with Gasteiger partial charge in [-0.25, -0.2) is 4.79 Å². The van der Waals surface area contributed by atoms with E-state index in [4.69, 9.17) is 9.52 Å². The maximum Gasteiger partial charge on any atom is 0.335 e. The van der Waals surface area contributed by atoms with E-state index in [0.29, 0.717) is 17.1 Å². The second-order valence-electron chi connectivity index (χ2n) is 7.55. The zero-order valence-corrected chi connectivity index (χ0v) is 18.4. The fourth-order valence-electron chi connectivity index (χ4n) is 3.29. The van der Waals surface area contributed by atoms with Crippen molar-refractivity contribution >= 4 is 40.7 Å². The number of benzene rings is 2. The van der Waals surface area contributed by atoms with Crippen molar-refractivity contribution in [3.8, 4) is 11.3 Å². The van der Waals surface area contributed by atoms with Crippen molar-refractivity contribution in [2.24, 2.45) is 0 Å². The van der Waals surface area contributed by atoms with Crippen molar-refractivity contribution in [1.82, 2.24) is 4.90 Å². The summed E-state index contributed by atoms with van der Waals surface area (Å²) in [5.74, 6) is -0.928. The van der Waals surface area contributed by atoms with Crippen LogP contribution in [-0.4, -0.2) is 39.5 Å². The molecule has 7 nitrogen and oxygen atoms in total. The van der Waals surface area contributed by atoms with E-state index in [1.807, 2.05) is 31.2 Å². The van der Waals surface area contributed by atoms with E-state index < -0.39 is 17.1 Å². The molecule has 1 aromatic heterocycles. The molecule has 1 aliphatic rings. The summed E-state index contributed by atoms with van der Waals surface area (Å²) in [7, 11) is 0. The number of imide groups is 1. The Morgan fingerprint density at radius 3 is 2.36 bits per heavy atom. The Kier molecular flexibility index (Phi) is 6.28. The minimum absolute atomic E-state index is 0.142. The van der Waals surface area contributed by atoms with Crippen molar-refractivity contribution < 1.29 is 28.7 Å². The van der Waals surface area contributed by atoms with Gasteiger partial charge in [0, 0.05) is 18.1 Å². The number of Topliss-reactive ketones (excluding diaryl/α,β-unsaturated/α-hetero) is 1. The number of carbonyl (C=O) groups excluding carboxylic acids is 3. The summed E-state index contributed by atoms with van der Waals surface area (Å²) in [5, 5.41) is 8.50. The first-order chi connectivity index (χ1) is 15.8. The molecule has 2 heterocycles. The Labute approximate surface area is 193 Å². The monoisotopic (exact) mass is 461 g/mol. The molecule has 166 valence electrons. The normalized spacial score (nSPS) is 14.8. The number of nitrogens with zero attached hydrogens (tertiary/aromatic N) is 1. The largest absolute Gasteiger partial charge is 0.478 e. The highest BCUT2D eigenvalue weighted by atomic mass is 32.2. The van der Waals surface area contributed by atoms with Gasteiger partial charge in [-0.05, 0) is 48.5 Å². The Bertz CT molecular complexity index is 1270. The molecule has 0 saturated carbocycles. The first-order valence-corrected chi connectivity index (χ1v) is 10.9. The van der Waals surface area contributed by atoms with Gasteiger partial charge >= 0.3 is 5.97 Å². The molecule has 1 aliphatic heterocycles. The van der Waals surface area contributed by atoms with E-state index in [1.54, 1.807) is 24.3 Å². The molecule has 2 aromatic carbocycles. The number of thioether (sulfide) groups is 1. The zero-order chi connectivity index (χ0) is 23.5. The lowest BCUT2D eigenvalue weighted by Crippen LogP contribution is -2.34. The molecule has 1 fully saturated rings. The van der Waals surface area contributed by atoms with E-state index in [9.17, 15) is 19.2 Å². The summed E-state index contributed by atoms with van der Waals surface area (Å²) >= 11 is 0.758. The Hall–Kier alpha value is -3.91. The number of carboxylic acid groups (broad SMARTS) is 1. The number of carboxylic acids is 1. The van der Waals surface area contributed by atoms with Gasteiger partial charge in [0.1, 0.15) is 11.5 Å². The van der Waals surface area contributed by atoms with Crippen LogP contribution in [0.5, 0.6) is 0 Å². The Balaban J connectivity index is 1.43. The van der Waals surface area contributed by atoms with Crippen molar-refractivity contribution in [3.05, 3.63) is 88.0 Å². The maximum absolute atomic E-state index is 12.7. The van der Waals surface area contributed by atoms with Gasteiger partial charge in [0.15, 0.2) is 5.78 Å². The van der Waals surface area contributed by atoms with E-state index >= 15 is 0 Å². The van der Waals surface area contributed by atoms with Crippen molar-refractivity contribution in [2.75, 3.05) is 6.54 Å². The summed E-state index contributed by atoms with van der Waals surface area (Å²) in [6.45, 7) is 1.67. The van der Waals surface area contributed by atoms with Gasteiger partial charge in [-0.15, -0.1) is 0 Å². The second kappa shape index (κ2) is 9.30. The van der Waals surface area contributed by atoms with Crippen LogP contribution in [-0.2, 0) is 16.0 Å². The highest BCUT2D eigenvalue weighted by Crippen LogP contribution is 2.33. The summed E-state index contributed by atoms with van der Waals surface area (Å²) < 4.78 is 5.73. The molecule has 0 unspecified atom stereocenters. The summed E-state index contributed by atoms with van der Waals surface area (Å²) in [5.41, 5.74) is 2.75. The van der Waals surface area contributed by atoms with Gasteiger partial charge in [-0.1, -0.05) is 42.0 Å². The molecular weight excluding hydrogens is 442 g/mol. The minimum Gasteiger partial charge on any atom is -0.478 e. The molecule has 1 N–H and O–H groups in total. The molecule has 0 spiro atoms. The second-order valence-corrected chi connectivity index (χ2v) is 8.55. The molecule has 0 aliphatic carbocycles. The molecule has 3 aromatic rings. The molecule has 8 heteroatoms. The Morgan fingerprint density at radius 1 is 1.00 bits per heavy atom. The van der Waals surface area contributed by atoms with Crippen LogP contribution >= 0.6 is 11.8 Å². The van der Waals surface area contributed by atoms with Gasteiger partial charge in [-0.2, -0.15) is 0 Å². The molecule has 33 heavy (non-hydrogen) atoms. The average molecular weight is 461 g/mol. The van der Waals surface area contributed by atoms with Crippen LogP contribution in [0.1, 0.15) is 27.2 Å². The van der Waals surface area contributed by atoms with Crippen LogP contribution in [0.15, 0.2) is 70.0 Å². The first-order valence-electron chi connectivity index (χ1n) is 10.1. The molecule has 0 bridgehead atoms. The standard InChI is InChI=1S/C25H19NO6S/c1-15-2-4-16(5-3-15)12-19(27)14-26-23(28)22(33-25(26)31)13-20-10-11-21(32-20)17-6-8-18(9-7-17)24(29)30/h2-11,13H,12,14H2,1H3,(H,29,30)/b22-13-. The van der Waals surface area contributed by atoms with Crippen LogP contribution in [0.2, 0.25) is 0 Å². The van der Waals surface area contributed by atoms with E-state index in [0.717, 1.165) is 27.8 Å². The lowest BCUT2D eigenvalue weighted by Gasteiger charge is -2.11. The van der Waals surface area contributed by atoms with Gasteiger partial charge in [0.25, 0.3) is 11.1 Å². The number of aryl methyl sites for hydroxylation is 1. The number of hydrogen-bond acceptors (Lipinski definition) is 6. The lowest BCUT2D eigenvalue weighted by atomic mass is 10.1. The fourth-order valence-corrected chi connectivity index (χ4v) is 4.11. The van der Waals surface area contributed by atoms with Crippen molar-refractivity contribution in [3.63, 3.8) is 0 Å². The summed E-state index contributed by atoms with van der Waals surface area (Å²) in [4.78, 5) is 49.5. The van der Waals surface area contributed by atoms with Crippen LogP contribution in [0, 0.1) is 6.92 Å². The average Bonchev–Trinajstić information content (AvgIpc) is 3.36. The van der Waals surface area contributed by atoms with Gasteiger partial charge in [0.2, 0.25) is 0 Å². The highest BCUT2D eigenvalue weighted by Gasteiger charge is 2.36. The lowest BCUT2D eigenvalue weighted by molar-refractivity contribution is -0.128. The van der Waals surface area contributed by atoms with Crippen LogP contribution in [0.25, 0.3) is 17.4 Å². The Morgan fingerprint density at radius 2 is 1.70 bits per heavy atom. The molecule has 0 atom stereocenters. The van der Waals surface area contributed by atoms with Crippen LogP contribution < -0.4 is 0 Å². The van der Waals surface area contributed by atoms with Gasteiger partial charge < -0.3 is 9.52 Å². The number of ketones is 1. The summed E-state index contributed by atoms with van der Waals surface area (Å²) in [6.07, 6.45) is 1.60. The highest BCUT2D eigenvalue weighted by molar-refractivity contribution is 8.18. The van der Waals surface area contributed by atoms with Gasteiger partial charge in [-0.3, -0.25) is 19.3 Å². The third kappa shape index (κ3) is 5.12. The number of carbonyl (C=O) groups is 4. The van der Waals surface area contributed by atoms with Crippen LogP contribution in [0.3, 0.4) is 0 Å². The molecule has 0 radical (unpaired) electrons.